The van der Waals surface area contributed by atoms with E-state index in [1.54, 1.807) is 0 Å². The molecule has 0 saturated heterocycles. The van der Waals surface area contributed by atoms with Gasteiger partial charge in [-0.25, -0.2) is 0 Å². The highest BCUT2D eigenvalue weighted by Crippen LogP contribution is 2.25. The number of hydrogen-bond acceptors (Lipinski definition) is 1. The van der Waals surface area contributed by atoms with Crippen molar-refractivity contribution in [2.45, 2.75) is 25.7 Å². The Kier molecular flexibility index (Phi) is 2.87. The van der Waals surface area contributed by atoms with E-state index in [0.717, 1.165) is 25.7 Å². The number of hydrogen-bond donors (Lipinski definition) is 0. The number of carbonyl (C=O) groups is 1. The van der Waals surface area contributed by atoms with Crippen LogP contribution in [-0.2, 0) is 17.6 Å². The predicted molar refractivity (Wildman–Crippen MR) is 57.4 cm³/mol. The second-order valence-electron chi connectivity index (χ2n) is 3.85. The maximum absolute atomic E-state index is 11.1. The summed E-state index contributed by atoms with van der Waals surface area (Å²) in [6.07, 6.45) is 3.78. The summed E-state index contributed by atoms with van der Waals surface area (Å²) in [7, 11) is 0. The van der Waals surface area contributed by atoms with Crippen molar-refractivity contribution in [3.63, 3.8) is 0 Å². The van der Waals surface area contributed by atoms with Crippen LogP contribution in [0.2, 0.25) is 0 Å². The van der Waals surface area contributed by atoms with E-state index in [0.29, 0.717) is 0 Å². The van der Waals surface area contributed by atoms with Gasteiger partial charge in [-0.05, 0) is 48.4 Å². The third-order valence-corrected chi connectivity index (χ3v) is 3.27. The maximum Gasteiger partial charge on any atom is 0.224 e. The molecule has 0 aromatic heterocycles. The number of benzene rings is 1. The van der Waals surface area contributed by atoms with E-state index >= 15 is 0 Å². The molecule has 0 fully saturated rings. The molecule has 0 heterocycles. The van der Waals surface area contributed by atoms with Gasteiger partial charge in [0.2, 0.25) is 5.24 Å². The second kappa shape index (κ2) is 4.14. The van der Waals surface area contributed by atoms with Crippen LogP contribution in [0, 0.1) is 5.92 Å². The summed E-state index contributed by atoms with van der Waals surface area (Å²) in [6.45, 7) is 0. The molecule has 1 aromatic rings. The fourth-order valence-corrected chi connectivity index (χ4v) is 2.29. The first kappa shape index (κ1) is 9.72. The van der Waals surface area contributed by atoms with E-state index in [4.69, 9.17) is 11.6 Å². The highest BCUT2D eigenvalue weighted by atomic mass is 35.5. The number of aryl methyl sites for hydroxylation is 2. The van der Waals surface area contributed by atoms with Crippen molar-refractivity contribution in [1.29, 1.82) is 0 Å². The largest absolute Gasteiger partial charge is 0.281 e. The molecule has 0 N–H and O–H groups in total. The Labute approximate surface area is 89.1 Å². The molecule has 0 aliphatic heterocycles. The van der Waals surface area contributed by atoms with Crippen LogP contribution in [0.25, 0.3) is 0 Å². The Morgan fingerprint density at radius 3 is 2.07 bits per heavy atom. The van der Waals surface area contributed by atoms with Gasteiger partial charge in [-0.1, -0.05) is 24.3 Å². The lowest BCUT2D eigenvalue weighted by Crippen LogP contribution is -2.08. The molecule has 0 unspecified atom stereocenters. The first-order chi connectivity index (χ1) is 6.77. The standard InChI is InChI=1S/C12H13ClO/c13-12(14)11-7-5-9-3-1-2-4-10(9)6-8-11/h1-4,11H,5-8H2. The summed E-state index contributed by atoms with van der Waals surface area (Å²) in [5.74, 6) is 0.0593. The Morgan fingerprint density at radius 2 is 1.64 bits per heavy atom. The summed E-state index contributed by atoms with van der Waals surface area (Å²) in [5.41, 5.74) is 2.76. The van der Waals surface area contributed by atoms with Crippen LogP contribution in [0.3, 0.4) is 0 Å². The average molecular weight is 209 g/mol. The number of halogens is 1. The molecule has 1 aliphatic rings. The smallest absolute Gasteiger partial charge is 0.224 e. The molecular weight excluding hydrogens is 196 g/mol. The van der Waals surface area contributed by atoms with E-state index in [1.807, 2.05) is 0 Å². The molecule has 1 aliphatic carbocycles. The molecule has 2 rings (SSSR count). The van der Waals surface area contributed by atoms with Crippen molar-refractivity contribution >= 4 is 16.8 Å². The summed E-state index contributed by atoms with van der Waals surface area (Å²) in [6, 6.07) is 8.41. The molecule has 0 amide bonds. The van der Waals surface area contributed by atoms with Gasteiger partial charge in [0.25, 0.3) is 0 Å². The molecule has 1 nitrogen and oxygen atoms in total. The molecule has 74 valence electrons. The highest BCUT2D eigenvalue weighted by Gasteiger charge is 2.20. The zero-order valence-electron chi connectivity index (χ0n) is 8.00. The van der Waals surface area contributed by atoms with E-state index < -0.39 is 0 Å². The lowest BCUT2D eigenvalue weighted by atomic mass is 10.0. The minimum atomic E-state index is -0.169. The van der Waals surface area contributed by atoms with Gasteiger partial charge >= 0.3 is 0 Å². The first-order valence-corrected chi connectivity index (χ1v) is 5.41. The molecule has 1 aromatic carbocycles. The molecular formula is C12H13ClO. The Hall–Kier alpha value is -0.820. The van der Waals surface area contributed by atoms with Gasteiger partial charge < -0.3 is 0 Å². The van der Waals surface area contributed by atoms with Gasteiger partial charge in [0.1, 0.15) is 0 Å². The van der Waals surface area contributed by atoms with E-state index in [1.165, 1.54) is 11.1 Å². The lowest BCUT2D eigenvalue weighted by Gasteiger charge is -2.06. The fourth-order valence-electron chi connectivity index (χ4n) is 2.08. The molecule has 2 heteroatoms. The minimum Gasteiger partial charge on any atom is -0.281 e. The fraction of sp³-hybridized carbons (Fsp3) is 0.417. The minimum absolute atomic E-state index is 0.0593. The Balaban J connectivity index is 2.18. The van der Waals surface area contributed by atoms with Crippen LogP contribution < -0.4 is 0 Å². The van der Waals surface area contributed by atoms with E-state index in [2.05, 4.69) is 24.3 Å². The van der Waals surface area contributed by atoms with Gasteiger partial charge in [0, 0.05) is 5.92 Å². The second-order valence-corrected chi connectivity index (χ2v) is 4.22. The van der Waals surface area contributed by atoms with Crippen LogP contribution in [0.15, 0.2) is 24.3 Å². The van der Waals surface area contributed by atoms with Gasteiger partial charge in [0.15, 0.2) is 0 Å². The zero-order chi connectivity index (χ0) is 9.97. The Bertz CT molecular complexity index is 319. The van der Waals surface area contributed by atoms with Crippen LogP contribution in [-0.4, -0.2) is 5.24 Å². The van der Waals surface area contributed by atoms with Crippen LogP contribution in [0.5, 0.6) is 0 Å². The Morgan fingerprint density at radius 1 is 1.14 bits per heavy atom. The predicted octanol–water partition coefficient (Wildman–Crippen LogP) is 2.95. The van der Waals surface area contributed by atoms with Gasteiger partial charge in [-0.15, -0.1) is 0 Å². The van der Waals surface area contributed by atoms with E-state index in [-0.39, 0.29) is 11.2 Å². The van der Waals surface area contributed by atoms with Crippen LogP contribution in [0.1, 0.15) is 24.0 Å². The van der Waals surface area contributed by atoms with E-state index in [9.17, 15) is 4.79 Å². The molecule has 14 heavy (non-hydrogen) atoms. The van der Waals surface area contributed by atoms with Gasteiger partial charge in [0.05, 0.1) is 0 Å². The van der Waals surface area contributed by atoms with Crippen LogP contribution in [0.4, 0.5) is 0 Å². The highest BCUT2D eigenvalue weighted by molar-refractivity contribution is 6.63. The molecule has 0 radical (unpaired) electrons. The third kappa shape index (κ3) is 1.98. The molecule has 0 spiro atoms. The topological polar surface area (TPSA) is 17.1 Å². The quantitative estimate of drug-likeness (QED) is 0.512. The van der Waals surface area contributed by atoms with Gasteiger partial charge in [-0.3, -0.25) is 4.79 Å². The van der Waals surface area contributed by atoms with Crippen LogP contribution >= 0.6 is 11.6 Å². The summed E-state index contributed by atoms with van der Waals surface area (Å²) in [4.78, 5) is 11.1. The van der Waals surface area contributed by atoms with Crippen molar-refractivity contribution < 1.29 is 4.79 Å². The van der Waals surface area contributed by atoms with Gasteiger partial charge in [-0.2, -0.15) is 0 Å². The van der Waals surface area contributed by atoms with Crippen molar-refractivity contribution in [2.75, 3.05) is 0 Å². The number of fused-ring (bicyclic) bond motifs is 1. The molecule has 0 bridgehead atoms. The van der Waals surface area contributed by atoms with Crippen molar-refractivity contribution in [2.24, 2.45) is 5.92 Å². The lowest BCUT2D eigenvalue weighted by molar-refractivity contribution is -0.115. The average Bonchev–Trinajstić information content (AvgIpc) is 2.39. The summed E-state index contributed by atoms with van der Waals surface area (Å²) < 4.78 is 0. The normalized spacial score (nSPS) is 17.2. The van der Waals surface area contributed by atoms with Crippen molar-refractivity contribution in [3.8, 4) is 0 Å². The van der Waals surface area contributed by atoms with Crippen molar-refractivity contribution in [1.82, 2.24) is 0 Å². The first-order valence-electron chi connectivity index (χ1n) is 5.03. The maximum atomic E-state index is 11.1. The third-order valence-electron chi connectivity index (χ3n) is 2.96. The summed E-state index contributed by atoms with van der Waals surface area (Å²) in [5, 5.41) is -0.169. The van der Waals surface area contributed by atoms with Crippen molar-refractivity contribution in [3.05, 3.63) is 35.4 Å². The summed E-state index contributed by atoms with van der Waals surface area (Å²) >= 11 is 5.53. The SMILES string of the molecule is O=C(Cl)C1CCc2ccccc2CC1. The molecule has 0 saturated carbocycles. The monoisotopic (exact) mass is 208 g/mol. The molecule has 0 atom stereocenters. The number of carbonyl (C=O) groups excluding carboxylic acids is 1. The number of rotatable bonds is 1. The zero-order valence-corrected chi connectivity index (χ0v) is 8.76.